The fourth-order valence-electron chi connectivity index (χ4n) is 2.65. The zero-order valence-corrected chi connectivity index (χ0v) is 19.0. The van der Waals surface area contributed by atoms with E-state index < -0.39 is 27.5 Å². The maximum Gasteiger partial charge on any atom is 0.321 e. The summed E-state index contributed by atoms with van der Waals surface area (Å²) < 4.78 is 37.0. The van der Waals surface area contributed by atoms with Gasteiger partial charge in [0.2, 0.25) is 21.7 Å². The molecule has 0 aliphatic carbocycles. The molecular formula is C19H19N5O7S2. The van der Waals surface area contributed by atoms with E-state index in [0.717, 1.165) is 17.8 Å². The van der Waals surface area contributed by atoms with Crippen molar-refractivity contribution in [2.75, 3.05) is 19.4 Å². The van der Waals surface area contributed by atoms with Gasteiger partial charge >= 0.3 is 5.97 Å². The number of thioether (sulfide) groups is 1. The number of nitro groups is 1. The van der Waals surface area contributed by atoms with Gasteiger partial charge in [-0.05, 0) is 36.9 Å². The number of aromatic nitrogens is 3. The highest BCUT2D eigenvalue weighted by molar-refractivity contribution is 7.98. The number of rotatable bonds is 11. The smallest absolute Gasteiger partial charge is 0.321 e. The van der Waals surface area contributed by atoms with E-state index in [1.165, 1.54) is 12.1 Å². The predicted molar refractivity (Wildman–Crippen MR) is 117 cm³/mol. The molecule has 0 saturated carbocycles. The highest BCUT2D eigenvalue weighted by atomic mass is 32.2. The number of nitrogens with one attached hydrogen (secondary N) is 1. The normalized spacial score (nSPS) is 11.3. The van der Waals surface area contributed by atoms with E-state index >= 15 is 0 Å². The Labute approximate surface area is 193 Å². The standard InChI is InChI=1S/C19H19N5O7S2/c1-32-16-7-6-14(10-15(16)24(26)27)33(28,29)21-12-18(25)30-9-3-5-17-22-19(23-31-17)13-4-2-8-20-11-13/h2,4,6-8,10-11,21H,3,5,9,12H2,1H3. The van der Waals surface area contributed by atoms with Crippen LogP contribution in [0.1, 0.15) is 12.3 Å². The van der Waals surface area contributed by atoms with Crippen LogP contribution in [0.3, 0.4) is 0 Å². The molecule has 3 aromatic rings. The van der Waals surface area contributed by atoms with Crippen molar-refractivity contribution in [3.8, 4) is 11.4 Å². The third-order valence-electron chi connectivity index (χ3n) is 4.25. The lowest BCUT2D eigenvalue weighted by Crippen LogP contribution is -2.31. The first kappa shape index (κ1) is 24.3. The second-order valence-electron chi connectivity index (χ2n) is 6.49. The van der Waals surface area contributed by atoms with E-state index in [2.05, 4.69) is 19.8 Å². The molecule has 3 rings (SSSR count). The molecule has 0 radical (unpaired) electrons. The molecule has 1 N–H and O–H groups in total. The van der Waals surface area contributed by atoms with Crippen LogP contribution < -0.4 is 4.72 Å². The van der Waals surface area contributed by atoms with E-state index in [-0.39, 0.29) is 17.2 Å². The molecule has 1 aromatic carbocycles. The van der Waals surface area contributed by atoms with Crippen molar-refractivity contribution in [1.82, 2.24) is 19.8 Å². The fraction of sp³-hybridized carbons (Fsp3) is 0.263. The van der Waals surface area contributed by atoms with E-state index in [1.54, 1.807) is 30.8 Å². The SMILES string of the molecule is CSc1ccc(S(=O)(=O)NCC(=O)OCCCc2nc(-c3cccnc3)no2)cc1[N+](=O)[O-]. The fourth-order valence-corrected chi connectivity index (χ4v) is 4.18. The summed E-state index contributed by atoms with van der Waals surface area (Å²) in [6, 6.07) is 7.06. The van der Waals surface area contributed by atoms with Gasteiger partial charge in [-0.2, -0.15) is 9.71 Å². The molecule has 33 heavy (non-hydrogen) atoms. The largest absolute Gasteiger partial charge is 0.465 e. The van der Waals surface area contributed by atoms with Crippen molar-refractivity contribution in [2.45, 2.75) is 22.6 Å². The van der Waals surface area contributed by atoms with Crippen molar-refractivity contribution in [3.63, 3.8) is 0 Å². The molecule has 12 nitrogen and oxygen atoms in total. The van der Waals surface area contributed by atoms with Crippen molar-refractivity contribution in [2.24, 2.45) is 0 Å². The summed E-state index contributed by atoms with van der Waals surface area (Å²) in [6.45, 7) is -0.606. The Morgan fingerprint density at radius 3 is 2.85 bits per heavy atom. The van der Waals surface area contributed by atoms with Crippen molar-refractivity contribution in [1.29, 1.82) is 0 Å². The molecule has 0 fully saturated rings. The first-order valence-electron chi connectivity index (χ1n) is 9.51. The van der Waals surface area contributed by atoms with Gasteiger partial charge in [-0.3, -0.25) is 19.9 Å². The maximum absolute atomic E-state index is 12.4. The van der Waals surface area contributed by atoms with Gasteiger partial charge in [0.25, 0.3) is 5.69 Å². The average molecular weight is 494 g/mol. The van der Waals surface area contributed by atoms with Crippen LogP contribution in [0.25, 0.3) is 11.4 Å². The van der Waals surface area contributed by atoms with Crippen LogP contribution in [0.2, 0.25) is 0 Å². The average Bonchev–Trinajstić information content (AvgIpc) is 3.29. The Bertz CT molecular complexity index is 1230. The summed E-state index contributed by atoms with van der Waals surface area (Å²) in [6.07, 6.45) is 5.62. The first-order valence-corrected chi connectivity index (χ1v) is 12.2. The van der Waals surface area contributed by atoms with Crippen LogP contribution in [0, 0.1) is 10.1 Å². The van der Waals surface area contributed by atoms with Gasteiger partial charge in [0, 0.05) is 30.4 Å². The summed E-state index contributed by atoms with van der Waals surface area (Å²) >= 11 is 1.12. The quantitative estimate of drug-likeness (QED) is 0.137. The van der Waals surface area contributed by atoms with Crippen LogP contribution in [0.5, 0.6) is 0 Å². The highest BCUT2D eigenvalue weighted by Gasteiger charge is 2.22. The molecular weight excluding hydrogens is 474 g/mol. The van der Waals surface area contributed by atoms with Crippen LogP contribution >= 0.6 is 11.8 Å². The molecule has 0 unspecified atom stereocenters. The van der Waals surface area contributed by atoms with Gasteiger partial charge < -0.3 is 9.26 Å². The van der Waals surface area contributed by atoms with Crippen molar-refractivity contribution >= 4 is 33.4 Å². The lowest BCUT2D eigenvalue weighted by Gasteiger charge is -2.08. The van der Waals surface area contributed by atoms with Crippen molar-refractivity contribution in [3.05, 3.63) is 58.7 Å². The van der Waals surface area contributed by atoms with Crippen LogP contribution in [0.15, 0.2) is 57.0 Å². The Morgan fingerprint density at radius 2 is 2.15 bits per heavy atom. The molecule has 0 spiro atoms. The number of carbonyl (C=O) groups excluding carboxylic acids is 1. The summed E-state index contributed by atoms with van der Waals surface area (Å²) in [7, 11) is -4.14. The molecule has 0 saturated heterocycles. The number of carbonyl (C=O) groups is 1. The minimum atomic E-state index is -4.14. The molecule has 14 heteroatoms. The Hall–Kier alpha value is -3.36. The second-order valence-corrected chi connectivity index (χ2v) is 9.11. The molecule has 0 amide bonds. The lowest BCUT2D eigenvalue weighted by molar-refractivity contribution is -0.387. The topological polar surface area (TPSA) is 167 Å². The van der Waals surface area contributed by atoms with E-state index in [0.29, 0.717) is 35.0 Å². The predicted octanol–water partition coefficient (Wildman–Crippen LogP) is 2.22. The lowest BCUT2D eigenvalue weighted by atomic mass is 10.3. The number of hydrogen-bond donors (Lipinski definition) is 1. The zero-order chi connectivity index (χ0) is 23.8. The first-order chi connectivity index (χ1) is 15.8. The number of pyridine rings is 1. The number of esters is 1. The van der Waals surface area contributed by atoms with Gasteiger partial charge in [0.1, 0.15) is 6.54 Å². The third kappa shape index (κ3) is 6.57. The molecule has 174 valence electrons. The van der Waals surface area contributed by atoms with Crippen LogP contribution in [-0.2, 0) is 26.0 Å². The number of hydrogen-bond acceptors (Lipinski definition) is 11. The third-order valence-corrected chi connectivity index (χ3v) is 6.43. The van der Waals surface area contributed by atoms with Gasteiger partial charge in [0.15, 0.2) is 0 Å². The Morgan fingerprint density at radius 1 is 1.33 bits per heavy atom. The van der Waals surface area contributed by atoms with Gasteiger partial charge in [0.05, 0.1) is 21.3 Å². The van der Waals surface area contributed by atoms with Gasteiger partial charge in [-0.1, -0.05) is 5.16 Å². The number of sulfonamides is 1. The summed E-state index contributed by atoms with van der Waals surface area (Å²) in [5.41, 5.74) is 0.375. The molecule has 2 aromatic heterocycles. The summed E-state index contributed by atoms with van der Waals surface area (Å²) in [5.74, 6) is -0.0356. The van der Waals surface area contributed by atoms with Crippen LogP contribution in [0.4, 0.5) is 5.69 Å². The van der Waals surface area contributed by atoms with Crippen molar-refractivity contribution < 1.29 is 27.4 Å². The van der Waals surface area contributed by atoms with E-state index in [4.69, 9.17) is 9.26 Å². The number of benzene rings is 1. The highest BCUT2D eigenvalue weighted by Crippen LogP contribution is 2.29. The number of aryl methyl sites for hydroxylation is 1. The molecule has 0 bridgehead atoms. The monoisotopic (exact) mass is 493 g/mol. The number of ether oxygens (including phenoxy) is 1. The van der Waals surface area contributed by atoms with E-state index in [9.17, 15) is 23.3 Å². The molecule has 2 heterocycles. The minimum absolute atomic E-state index is 0.0130. The zero-order valence-electron chi connectivity index (χ0n) is 17.3. The molecule has 0 aliphatic rings. The molecule has 0 atom stereocenters. The van der Waals surface area contributed by atoms with Gasteiger partial charge in [-0.15, -0.1) is 11.8 Å². The molecule has 0 aliphatic heterocycles. The van der Waals surface area contributed by atoms with Crippen LogP contribution in [-0.4, -0.2) is 53.8 Å². The van der Waals surface area contributed by atoms with E-state index in [1.807, 2.05) is 0 Å². The Kier molecular flexibility index (Phi) is 8.08. The summed E-state index contributed by atoms with van der Waals surface area (Å²) in [5, 5.41) is 15.0. The van der Waals surface area contributed by atoms with Gasteiger partial charge in [-0.25, -0.2) is 8.42 Å². The maximum atomic E-state index is 12.4. The number of nitro benzene ring substituents is 1. The number of nitrogens with zero attached hydrogens (tertiary/aromatic N) is 4. The summed E-state index contributed by atoms with van der Waals surface area (Å²) in [4.78, 5) is 30.6. The minimum Gasteiger partial charge on any atom is -0.465 e. The second kappa shape index (κ2) is 11.0. The Balaban J connectivity index is 1.45.